The molecule has 0 fully saturated rings. The Balaban J connectivity index is 0.000000695. The van der Waals surface area contributed by atoms with Gasteiger partial charge in [0.25, 0.3) is 0 Å². The van der Waals surface area contributed by atoms with Crippen molar-refractivity contribution in [1.82, 2.24) is 0 Å². The summed E-state index contributed by atoms with van der Waals surface area (Å²) < 4.78 is 61.8. The molecule has 300 valence electrons. The Labute approximate surface area is 332 Å². The summed E-state index contributed by atoms with van der Waals surface area (Å²) >= 11 is 7.33. The van der Waals surface area contributed by atoms with Gasteiger partial charge in [0.1, 0.15) is 6.54 Å². The molecular formula is C46H52ClF6N2P. The first-order valence-corrected chi connectivity index (χ1v) is 22.1. The van der Waals surface area contributed by atoms with Crippen LogP contribution >= 0.6 is 19.4 Å². The van der Waals surface area contributed by atoms with Crippen LogP contribution in [0.3, 0.4) is 0 Å². The first-order valence-electron chi connectivity index (χ1n) is 19.6. The molecule has 0 saturated heterocycles. The number of unbranched alkanes of at least 4 members (excludes halogenated alkanes) is 2. The van der Waals surface area contributed by atoms with E-state index in [0.29, 0.717) is 0 Å². The van der Waals surface area contributed by atoms with E-state index in [1.807, 2.05) is 0 Å². The number of halogens is 7. The second-order valence-electron chi connectivity index (χ2n) is 16.2. The molecule has 0 unspecified atom stereocenters. The molecule has 2 aliphatic heterocycles. The summed E-state index contributed by atoms with van der Waals surface area (Å²) in [6.07, 6.45) is 17.2. The molecule has 1 aliphatic carbocycles. The predicted molar refractivity (Wildman–Crippen MR) is 227 cm³/mol. The van der Waals surface area contributed by atoms with E-state index in [1.165, 1.54) is 79.4 Å². The fourth-order valence-corrected chi connectivity index (χ4v) is 9.07. The molecule has 0 radical (unpaired) electrons. The van der Waals surface area contributed by atoms with Crippen molar-refractivity contribution >= 4 is 58.0 Å². The molecule has 4 aromatic carbocycles. The molecule has 0 bridgehead atoms. The average Bonchev–Trinajstić information content (AvgIpc) is 3.48. The minimum atomic E-state index is -10.7. The number of hydrogen-bond donors (Lipinski definition) is 0. The number of fused-ring (bicyclic) bond motifs is 6. The predicted octanol–water partition coefficient (Wildman–Crippen LogP) is 16.2. The monoisotopic (exact) mass is 812 g/mol. The van der Waals surface area contributed by atoms with Gasteiger partial charge in [-0.1, -0.05) is 119 Å². The van der Waals surface area contributed by atoms with Crippen LogP contribution in [0.4, 0.5) is 36.6 Å². The molecule has 0 amide bonds. The van der Waals surface area contributed by atoms with E-state index >= 15 is 0 Å². The molecule has 3 aliphatic rings. The Morgan fingerprint density at radius 1 is 0.714 bits per heavy atom. The molecule has 0 aromatic heterocycles. The van der Waals surface area contributed by atoms with Gasteiger partial charge in [0, 0.05) is 52.5 Å². The van der Waals surface area contributed by atoms with Gasteiger partial charge in [-0.15, -0.1) is 0 Å². The Hall–Kier alpha value is -3.87. The molecule has 56 heavy (non-hydrogen) atoms. The van der Waals surface area contributed by atoms with E-state index in [0.717, 1.165) is 50.2 Å². The van der Waals surface area contributed by atoms with Gasteiger partial charge in [0.15, 0.2) is 5.71 Å². The normalized spacial score (nSPS) is 20.5. The molecule has 10 heteroatoms. The third-order valence-corrected chi connectivity index (χ3v) is 11.8. The number of anilines is 1. The molecule has 7 rings (SSSR count). The number of rotatable bonds is 9. The van der Waals surface area contributed by atoms with Crippen LogP contribution in [0.15, 0.2) is 119 Å². The van der Waals surface area contributed by atoms with Gasteiger partial charge >= 0.3 is 33.0 Å². The van der Waals surface area contributed by atoms with Crippen molar-refractivity contribution in [3.63, 3.8) is 0 Å². The van der Waals surface area contributed by atoms with Gasteiger partial charge in [0.05, 0.1) is 5.41 Å². The van der Waals surface area contributed by atoms with Gasteiger partial charge < -0.3 is 4.90 Å². The number of nitrogens with zero attached hydrogens (tertiary/aromatic N) is 2. The van der Waals surface area contributed by atoms with E-state index in [9.17, 15) is 25.2 Å². The standard InChI is InChI=1S/C46H52ClN2.F6P/c1-7-9-30-48-38-26-22-32-16-11-13-20-36(32)42(38)45(3,4)40(48)28-24-34-18-15-19-35(44(34)47)25-29-41-46(5,6)43-37-21-14-12-17-33(37)23-27-39(43)49(41)31-10-8-2;1-7(2,3,4,5)6/h11-14,16-17,20-29H,7-10,15,18-19,30-31H2,1-6H3;/q+1;-1. The molecule has 2 heterocycles. The van der Waals surface area contributed by atoms with Gasteiger partial charge in [-0.05, 0) is 96.0 Å². The molecule has 0 atom stereocenters. The SMILES string of the molecule is CCCCN1/C(=C\C=C2\CCCC(/C=C/C3=[N+](CCCC)c4ccc5ccccc5c4C3(C)C)=C2Cl)C(C)(C)c2c1ccc1ccccc21.F[P-](F)(F)(F)(F)F. The fourth-order valence-electron chi connectivity index (χ4n) is 8.75. The van der Waals surface area contributed by atoms with Gasteiger partial charge in [-0.3, -0.25) is 0 Å². The Kier molecular flexibility index (Phi) is 11.0. The van der Waals surface area contributed by atoms with Crippen LogP contribution < -0.4 is 4.90 Å². The summed E-state index contributed by atoms with van der Waals surface area (Å²) in [7, 11) is -10.7. The molecule has 0 N–H and O–H groups in total. The van der Waals surface area contributed by atoms with Crippen LogP contribution in [0.2, 0.25) is 0 Å². The fraction of sp³-hybridized carbons (Fsp3) is 0.370. The molecule has 4 aromatic rings. The Bertz CT molecular complexity index is 2320. The van der Waals surface area contributed by atoms with Gasteiger partial charge in [-0.25, -0.2) is 0 Å². The van der Waals surface area contributed by atoms with E-state index in [1.54, 1.807) is 0 Å². The zero-order valence-electron chi connectivity index (χ0n) is 33.1. The van der Waals surface area contributed by atoms with Crippen molar-refractivity contribution < 1.29 is 29.8 Å². The molecule has 2 nitrogen and oxygen atoms in total. The Morgan fingerprint density at radius 3 is 1.93 bits per heavy atom. The number of hydrogen-bond acceptors (Lipinski definition) is 1. The van der Waals surface area contributed by atoms with Gasteiger partial charge in [0.2, 0.25) is 5.69 Å². The van der Waals surface area contributed by atoms with Crippen molar-refractivity contribution in [2.24, 2.45) is 0 Å². The van der Waals surface area contributed by atoms with Crippen molar-refractivity contribution in [2.75, 3.05) is 18.0 Å². The summed E-state index contributed by atoms with van der Waals surface area (Å²) in [5, 5.41) is 6.28. The maximum absolute atomic E-state index is 10.7. The van der Waals surface area contributed by atoms with Gasteiger partial charge in [-0.2, -0.15) is 4.58 Å². The van der Waals surface area contributed by atoms with Crippen LogP contribution in [0.1, 0.15) is 97.6 Å². The number of benzene rings is 4. The van der Waals surface area contributed by atoms with Crippen LogP contribution in [0, 0.1) is 0 Å². The summed E-state index contributed by atoms with van der Waals surface area (Å²) in [4.78, 5) is 2.58. The van der Waals surface area contributed by atoms with Crippen molar-refractivity contribution in [1.29, 1.82) is 0 Å². The van der Waals surface area contributed by atoms with E-state index in [2.05, 4.69) is 148 Å². The van der Waals surface area contributed by atoms with E-state index in [-0.39, 0.29) is 10.8 Å². The zero-order valence-corrected chi connectivity index (χ0v) is 34.7. The summed E-state index contributed by atoms with van der Waals surface area (Å²) in [5.41, 5.74) is 10.6. The Morgan fingerprint density at radius 2 is 1.30 bits per heavy atom. The third-order valence-electron chi connectivity index (χ3n) is 11.3. The second kappa shape index (κ2) is 14.8. The quantitative estimate of drug-likeness (QED) is 0.0927. The molecule has 0 saturated carbocycles. The average molecular weight is 813 g/mol. The summed E-state index contributed by atoms with van der Waals surface area (Å²) in [5.74, 6) is 0. The number of allylic oxidation sites excluding steroid dienone is 8. The minimum absolute atomic E-state index is 0.111. The van der Waals surface area contributed by atoms with Crippen molar-refractivity contribution in [2.45, 2.75) is 97.3 Å². The van der Waals surface area contributed by atoms with E-state index in [4.69, 9.17) is 11.6 Å². The maximum atomic E-state index is 9.87. The van der Waals surface area contributed by atoms with Crippen LogP contribution in [-0.2, 0) is 10.8 Å². The third kappa shape index (κ3) is 8.97. The molecule has 0 spiro atoms. The van der Waals surface area contributed by atoms with Crippen molar-refractivity contribution in [3.8, 4) is 0 Å². The zero-order chi connectivity index (χ0) is 40.7. The first kappa shape index (κ1) is 41.8. The topological polar surface area (TPSA) is 6.25 Å². The van der Waals surface area contributed by atoms with Crippen molar-refractivity contribution in [3.05, 3.63) is 130 Å². The van der Waals surface area contributed by atoms with E-state index < -0.39 is 7.81 Å². The summed E-state index contributed by atoms with van der Waals surface area (Å²) in [6.45, 7) is 16.2. The summed E-state index contributed by atoms with van der Waals surface area (Å²) in [6, 6.07) is 27.0. The van der Waals surface area contributed by atoms with Crippen LogP contribution in [0.25, 0.3) is 21.5 Å². The van der Waals surface area contributed by atoms with Crippen LogP contribution in [-0.4, -0.2) is 23.4 Å². The molecular weight excluding hydrogens is 761 g/mol. The van der Waals surface area contributed by atoms with Crippen LogP contribution in [0.5, 0.6) is 0 Å². The first-order chi connectivity index (χ1) is 26.1. The second-order valence-corrected chi connectivity index (χ2v) is 18.5.